The SMILES string of the molecule is Cc1ccc(-n2c(C)cc(/C=N\NC(=O)CN(c3ccc(Oc4ccccc4)cc3)S(C)(=O)=O)c2C)c(C)c1. The molecule has 0 atom stereocenters. The highest BCUT2D eigenvalue weighted by Gasteiger charge is 2.21. The number of carbonyl (C=O) groups excluding carboxylic acids is 1. The number of aryl methyl sites for hydroxylation is 3. The van der Waals surface area contributed by atoms with Crippen molar-refractivity contribution in [1.82, 2.24) is 9.99 Å². The number of ether oxygens (including phenoxy) is 1. The molecule has 4 rings (SSSR count). The van der Waals surface area contributed by atoms with Gasteiger partial charge in [0.2, 0.25) is 10.0 Å². The molecule has 0 saturated carbocycles. The highest BCUT2D eigenvalue weighted by molar-refractivity contribution is 7.92. The zero-order chi connectivity index (χ0) is 28.2. The van der Waals surface area contributed by atoms with Crippen molar-refractivity contribution in [3.05, 3.63) is 107 Å². The molecular weight excluding hydrogens is 512 g/mol. The van der Waals surface area contributed by atoms with Crippen molar-refractivity contribution >= 4 is 27.8 Å². The maximum absolute atomic E-state index is 12.7. The van der Waals surface area contributed by atoms with Crippen LogP contribution < -0.4 is 14.5 Å². The maximum atomic E-state index is 12.7. The first-order chi connectivity index (χ1) is 18.5. The number of anilines is 1. The Hall–Kier alpha value is -4.37. The number of hydrogen-bond donors (Lipinski definition) is 1. The molecule has 0 radical (unpaired) electrons. The molecule has 202 valence electrons. The van der Waals surface area contributed by atoms with Crippen LogP contribution in [0.3, 0.4) is 0 Å². The van der Waals surface area contributed by atoms with Gasteiger partial charge >= 0.3 is 0 Å². The fourth-order valence-corrected chi connectivity index (χ4v) is 5.25. The molecular formula is C30H32N4O4S. The van der Waals surface area contributed by atoms with Gasteiger partial charge < -0.3 is 9.30 Å². The summed E-state index contributed by atoms with van der Waals surface area (Å²) in [6.07, 6.45) is 2.63. The van der Waals surface area contributed by atoms with Crippen LogP contribution in [0.25, 0.3) is 5.69 Å². The van der Waals surface area contributed by atoms with Crippen LogP contribution in [0.2, 0.25) is 0 Å². The lowest BCUT2D eigenvalue weighted by Crippen LogP contribution is -2.39. The van der Waals surface area contributed by atoms with E-state index in [2.05, 4.69) is 47.1 Å². The molecule has 0 bridgehead atoms. The van der Waals surface area contributed by atoms with Crippen molar-refractivity contribution in [2.24, 2.45) is 5.10 Å². The number of hydrogen-bond acceptors (Lipinski definition) is 5. The molecule has 0 fully saturated rings. The van der Waals surface area contributed by atoms with Crippen LogP contribution in [0.4, 0.5) is 5.69 Å². The van der Waals surface area contributed by atoms with E-state index in [0.717, 1.165) is 38.8 Å². The van der Waals surface area contributed by atoms with E-state index >= 15 is 0 Å². The Morgan fingerprint density at radius 3 is 2.26 bits per heavy atom. The fourth-order valence-electron chi connectivity index (χ4n) is 4.39. The van der Waals surface area contributed by atoms with Gasteiger partial charge in [-0.3, -0.25) is 9.10 Å². The summed E-state index contributed by atoms with van der Waals surface area (Å²) in [6, 6.07) is 24.1. The van der Waals surface area contributed by atoms with Gasteiger partial charge in [-0.2, -0.15) is 5.10 Å². The summed E-state index contributed by atoms with van der Waals surface area (Å²) >= 11 is 0. The molecule has 1 aromatic heterocycles. The number of para-hydroxylation sites is 1. The lowest BCUT2D eigenvalue weighted by atomic mass is 10.1. The number of rotatable bonds is 9. The molecule has 39 heavy (non-hydrogen) atoms. The van der Waals surface area contributed by atoms with Gasteiger partial charge in [-0.1, -0.05) is 35.9 Å². The minimum Gasteiger partial charge on any atom is -0.457 e. The number of nitrogens with zero attached hydrogens (tertiary/aromatic N) is 3. The molecule has 8 nitrogen and oxygen atoms in total. The molecule has 0 aliphatic heterocycles. The number of aromatic nitrogens is 1. The molecule has 0 spiro atoms. The monoisotopic (exact) mass is 544 g/mol. The molecule has 1 heterocycles. The van der Waals surface area contributed by atoms with Crippen molar-refractivity contribution in [3.8, 4) is 17.2 Å². The van der Waals surface area contributed by atoms with E-state index in [1.165, 1.54) is 5.56 Å². The molecule has 0 aliphatic rings. The van der Waals surface area contributed by atoms with Crippen LogP contribution in [0.5, 0.6) is 11.5 Å². The van der Waals surface area contributed by atoms with Crippen LogP contribution in [-0.2, 0) is 14.8 Å². The Morgan fingerprint density at radius 2 is 1.62 bits per heavy atom. The molecule has 9 heteroatoms. The number of hydrazone groups is 1. The second-order valence-electron chi connectivity index (χ2n) is 9.42. The Kier molecular flexibility index (Phi) is 8.21. The standard InChI is InChI=1S/C30H32N4O4S/c1-21-11-16-29(22(2)17-21)34-23(3)18-25(24(34)4)19-31-32-30(35)20-33(39(5,36)37)26-12-14-28(15-13-26)38-27-9-7-6-8-10-27/h6-19H,20H2,1-5H3,(H,32,35)/b31-19-. The first-order valence-electron chi connectivity index (χ1n) is 12.4. The van der Waals surface area contributed by atoms with Crippen molar-refractivity contribution in [1.29, 1.82) is 0 Å². The average Bonchev–Trinajstić information content (AvgIpc) is 3.16. The summed E-state index contributed by atoms with van der Waals surface area (Å²) in [7, 11) is -3.73. The quantitative estimate of drug-likeness (QED) is 0.225. The Balaban J connectivity index is 1.44. The van der Waals surface area contributed by atoms with Crippen LogP contribution in [0.15, 0.2) is 84.0 Å². The number of carbonyl (C=O) groups is 1. The lowest BCUT2D eigenvalue weighted by molar-refractivity contribution is -0.119. The normalized spacial score (nSPS) is 11.5. The Labute approximate surface area is 229 Å². The molecule has 1 N–H and O–H groups in total. The summed E-state index contributed by atoms with van der Waals surface area (Å²) in [6.45, 7) is 7.73. The molecule has 1 amide bonds. The minimum atomic E-state index is -3.73. The van der Waals surface area contributed by atoms with Crippen molar-refractivity contribution < 1.29 is 17.9 Å². The van der Waals surface area contributed by atoms with E-state index in [9.17, 15) is 13.2 Å². The summed E-state index contributed by atoms with van der Waals surface area (Å²) < 4.78 is 33.9. The Morgan fingerprint density at radius 1 is 0.949 bits per heavy atom. The highest BCUT2D eigenvalue weighted by Crippen LogP contribution is 2.26. The van der Waals surface area contributed by atoms with Crippen molar-refractivity contribution in [2.75, 3.05) is 17.1 Å². The van der Waals surface area contributed by atoms with Gasteiger partial charge in [-0.15, -0.1) is 0 Å². The number of sulfonamides is 1. The lowest BCUT2D eigenvalue weighted by Gasteiger charge is -2.21. The maximum Gasteiger partial charge on any atom is 0.260 e. The smallest absolute Gasteiger partial charge is 0.260 e. The second-order valence-corrected chi connectivity index (χ2v) is 11.3. The summed E-state index contributed by atoms with van der Waals surface area (Å²) in [5.41, 5.74) is 9.10. The summed E-state index contributed by atoms with van der Waals surface area (Å²) in [5, 5.41) is 4.10. The highest BCUT2D eigenvalue weighted by atomic mass is 32.2. The first kappa shape index (κ1) is 27.7. The van der Waals surface area contributed by atoms with E-state index in [1.54, 1.807) is 30.5 Å². The molecule has 3 aromatic carbocycles. The molecule has 0 saturated heterocycles. The van der Waals surface area contributed by atoms with Crippen LogP contribution >= 0.6 is 0 Å². The predicted molar refractivity (Wildman–Crippen MR) is 156 cm³/mol. The predicted octanol–water partition coefficient (Wildman–Crippen LogP) is 5.42. The zero-order valence-corrected chi connectivity index (χ0v) is 23.5. The van der Waals surface area contributed by atoms with Crippen LogP contribution in [0, 0.1) is 27.7 Å². The van der Waals surface area contributed by atoms with Gasteiger partial charge in [0.25, 0.3) is 5.91 Å². The van der Waals surface area contributed by atoms with Gasteiger partial charge in [0.15, 0.2) is 0 Å². The minimum absolute atomic E-state index is 0.342. The summed E-state index contributed by atoms with van der Waals surface area (Å²) in [5.74, 6) is 0.646. The van der Waals surface area contributed by atoms with Gasteiger partial charge in [0.1, 0.15) is 18.0 Å². The van der Waals surface area contributed by atoms with E-state index in [1.807, 2.05) is 50.2 Å². The molecule has 0 unspecified atom stereocenters. The number of benzene rings is 3. The van der Waals surface area contributed by atoms with E-state index in [-0.39, 0.29) is 0 Å². The van der Waals surface area contributed by atoms with Gasteiger partial charge in [0, 0.05) is 22.6 Å². The van der Waals surface area contributed by atoms with E-state index < -0.39 is 22.5 Å². The third-order valence-electron chi connectivity index (χ3n) is 6.25. The topological polar surface area (TPSA) is 93.0 Å². The number of nitrogens with one attached hydrogen (secondary N) is 1. The Bertz CT molecular complexity index is 1610. The third-order valence-corrected chi connectivity index (χ3v) is 7.39. The van der Waals surface area contributed by atoms with Crippen LogP contribution in [0.1, 0.15) is 28.1 Å². The zero-order valence-electron chi connectivity index (χ0n) is 22.7. The largest absolute Gasteiger partial charge is 0.457 e. The van der Waals surface area contributed by atoms with Gasteiger partial charge in [-0.25, -0.2) is 13.8 Å². The number of amides is 1. The van der Waals surface area contributed by atoms with Crippen LogP contribution in [-0.4, -0.2) is 37.9 Å². The van der Waals surface area contributed by atoms with Gasteiger partial charge in [-0.05, 0) is 81.8 Å². The van der Waals surface area contributed by atoms with E-state index in [4.69, 9.17) is 4.74 Å². The summed E-state index contributed by atoms with van der Waals surface area (Å²) in [4.78, 5) is 12.7. The second kappa shape index (κ2) is 11.6. The molecule has 4 aromatic rings. The molecule has 0 aliphatic carbocycles. The van der Waals surface area contributed by atoms with E-state index in [0.29, 0.717) is 17.2 Å². The van der Waals surface area contributed by atoms with Gasteiger partial charge in [0.05, 0.1) is 18.2 Å². The first-order valence-corrected chi connectivity index (χ1v) is 14.3. The fraction of sp³-hybridized carbons (Fsp3) is 0.200. The van der Waals surface area contributed by atoms with Crippen molar-refractivity contribution in [3.63, 3.8) is 0 Å². The van der Waals surface area contributed by atoms with Crippen molar-refractivity contribution in [2.45, 2.75) is 27.7 Å². The third kappa shape index (κ3) is 6.74. The average molecular weight is 545 g/mol.